The predicted octanol–water partition coefficient (Wildman–Crippen LogP) is 4.17. The van der Waals surface area contributed by atoms with Gasteiger partial charge in [0.1, 0.15) is 5.69 Å². The largest absolute Gasteiger partial charge is 0.296 e. The number of hydrogen-bond donors (Lipinski definition) is 0. The van der Waals surface area contributed by atoms with E-state index in [-0.39, 0.29) is 0 Å². The van der Waals surface area contributed by atoms with E-state index in [1.807, 2.05) is 29.1 Å². The number of rotatable bonds is 7. The molecule has 3 heterocycles. The number of aromatic nitrogens is 5. The smallest absolute Gasteiger partial charge is 0.113 e. The lowest BCUT2D eigenvalue weighted by atomic mass is 9.99. The molecule has 0 aliphatic carbocycles. The van der Waals surface area contributed by atoms with Crippen LogP contribution in [0.15, 0.2) is 48.9 Å². The van der Waals surface area contributed by atoms with Crippen molar-refractivity contribution in [2.24, 2.45) is 0 Å². The molecular weight excluding hydrogens is 348 g/mol. The number of piperidine rings is 1. The van der Waals surface area contributed by atoms with Crippen molar-refractivity contribution in [1.82, 2.24) is 29.7 Å². The molecule has 4 rings (SSSR count). The second kappa shape index (κ2) is 8.69. The first kappa shape index (κ1) is 18.9. The molecule has 3 aromatic rings. The van der Waals surface area contributed by atoms with Gasteiger partial charge in [-0.2, -0.15) is 5.10 Å². The van der Waals surface area contributed by atoms with Gasteiger partial charge in [-0.25, -0.2) is 0 Å². The van der Waals surface area contributed by atoms with E-state index in [4.69, 9.17) is 0 Å². The van der Waals surface area contributed by atoms with Crippen LogP contribution in [0.3, 0.4) is 0 Å². The van der Waals surface area contributed by atoms with E-state index in [0.29, 0.717) is 12.1 Å². The second-order valence-corrected chi connectivity index (χ2v) is 8.06. The quantitative estimate of drug-likeness (QED) is 0.619. The Balaban J connectivity index is 1.36. The highest BCUT2D eigenvalue weighted by atomic mass is 15.4. The molecule has 6 nitrogen and oxygen atoms in total. The van der Waals surface area contributed by atoms with Gasteiger partial charge in [0.15, 0.2) is 0 Å². The summed E-state index contributed by atoms with van der Waals surface area (Å²) in [6.07, 6.45) is 11.3. The number of likely N-dealkylation sites (tertiary alicyclic amines) is 1. The maximum atomic E-state index is 4.50. The minimum atomic E-state index is 0.414. The van der Waals surface area contributed by atoms with Crippen LogP contribution >= 0.6 is 0 Å². The van der Waals surface area contributed by atoms with E-state index >= 15 is 0 Å². The van der Waals surface area contributed by atoms with Crippen molar-refractivity contribution < 1.29 is 0 Å². The van der Waals surface area contributed by atoms with Crippen molar-refractivity contribution in [1.29, 1.82) is 0 Å². The Labute approximate surface area is 167 Å². The lowest BCUT2D eigenvalue weighted by Gasteiger charge is -2.35. The first-order chi connectivity index (χ1) is 13.7. The van der Waals surface area contributed by atoms with Crippen molar-refractivity contribution in [3.05, 3.63) is 54.5 Å². The van der Waals surface area contributed by atoms with Gasteiger partial charge in [-0.1, -0.05) is 42.0 Å². The highest BCUT2D eigenvalue weighted by molar-refractivity contribution is 5.57. The molecule has 28 heavy (non-hydrogen) atoms. The normalized spacial score (nSPS) is 18.0. The van der Waals surface area contributed by atoms with Gasteiger partial charge in [0.05, 0.1) is 12.4 Å². The lowest BCUT2D eigenvalue weighted by Crippen LogP contribution is -2.39. The Morgan fingerprint density at radius 1 is 1.11 bits per heavy atom. The van der Waals surface area contributed by atoms with Gasteiger partial charge < -0.3 is 0 Å². The summed E-state index contributed by atoms with van der Waals surface area (Å²) in [7, 11) is 0. The van der Waals surface area contributed by atoms with E-state index < -0.39 is 0 Å². The minimum absolute atomic E-state index is 0.414. The molecule has 0 bridgehead atoms. The summed E-state index contributed by atoms with van der Waals surface area (Å²) in [5, 5.41) is 13.2. The van der Waals surface area contributed by atoms with Crippen LogP contribution in [-0.4, -0.2) is 42.3 Å². The molecule has 0 amide bonds. The molecule has 2 aromatic heterocycles. The molecule has 1 saturated heterocycles. The maximum Gasteiger partial charge on any atom is 0.113 e. The molecular formula is C22H30N6. The molecule has 1 aliphatic heterocycles. The van der Waals surface area contributed by atoms with Gasteiger partial charge in [0.25, 0.3) is 0 Å². The number of nitrogens with zero attached hydrogens (tertiary/aromatic N) is 6. The fraction of sp³-hybridized carbons (Fsp3) is 0.500. The summed E-state index contributed by atoms with van der Waals surface area (Å²) in [5.74, 6) is 0. The van der Waals surface area contributed by atoms with Crippen LogP contribution in [0.4, 0.5) is 0 Å². The van der Waals surface area contributed by atoms with Crippen LogP contribution in [0.25, 0.3) is 11.3 Å². The molecule has 1 aliphatic rings. The predicted molar refractivity (Wildman–Crippen MR) is 111 cm³/mol. The summed E-state index contributed by atoms with van der Waals surface area (Å²) >= 11 is 0. The molecule has 1 atom stereocenters. The molecule has 6 heteroatoms. The lowest BCUT2D eigenvalue weighted by molar-refractivity contribution is 0.127. The zero-order valence-corrected chi connectivity index (χ0v) is 16.9. The monoisotopic (exact) mass is 378 g/mol. The SMILES string of the molecule is CC(C)n1cc(CN2CCCCC2CCn2cc(-c3ccccc3)nn2)cn1. The summed E-state index contributed by atoms with van der Waals surface area (Å²) in [4.78, 5) is 2.63. The zero-order valence-electron chi connectivity index (χ0n) is 16.9. The third-order valence-electron chi connectivity index (χ3n) is 5.62. The van der Waals surface area contributed by atoms with Gasteiger partial charge in [-0.3, -0.25) is 14.3 Å². The number of aryl methyl sites for hydroxylation is 1. The van der Waals surface area contributed by atoms with Crippen LogP contribution in [0.5, 0.6) is 0 Å². The Kier molecular flexibility index (Phi) is 5.86. The zero-order chi connectivity index (χ0) is 19.3. The Bertz CT molecular complexity index is 866. The van der Waals surface area contributed by atoms with E-state index in [0.717, 1.165) is 30.8 Å². The van der Waals surface area contributed by atoms with E-state index in [1.165, 1.54) is 31.4 Å². The molecule has 0 radical (unpaired) electrons. The average Bonchev–Trinajstić information content (AvgIpc) is 3.38. The Hall–Kier alpha value is -2.47. The van der Waals surface area contributed by atoms with Crippen molar-refractivity contribution >= 4 is 0 Å². The summed E-state index contributed by atoms with van der Waals surface area (Å²) < 4.78 is 4.04. The Morgan fingerprint density at radius 2 is 1.96 bits per heavy atom. The van der Waals surface area contributed by atoms with Crippen LogP contribution in [-0.2, 0) is 13.1 Å². The first-order valence-electron chi connectivity index (χ1n) is 10.4. The van der Waals surface area contributed by atoms with Crippen LogP contribution < -0.4 is 0 Å². The van der Waals surface area contributed by atoms with Gasteiger partial charge in [-0.05, 0) is 39.7 Å². The summed E-state index contributed by atoms with van der Waals surface area (Å²) in [6, 6.07) is 11.3. The van der Waals surface area contributed by atoms with E-state index in [2.05, 4.69) is 63.4 Å². The minimum Gasteiger partial charge on any atom is -0.296 e. The molecule has 1 unspecified atom stereocenters. The average molecular weight is 379 g/mol. The van der Waals surface area contributed by atoms with Crippen molar-refractivity contribution in [2.45, 2.75) is 64.7 Å². The number of hydrogen-bond acceptors (Lipinski definition) is 4. The van der Waals surface area contributed by atoms with Crippen LogP contribution in [0.2, 0.25) is 0 Å². The van der Waals surface area contributed by atoms with Crippen LogP contribution in [0.1, 0.15) is 51.1 Å². The van der Waals surface area contributed by atoms with Gasteiger partial charge in [0.2, 0.25) is 0 Å². The number of benzene rings is 1. The third-order valence-corrected chi connectivity index (χ3v) is 5.62. The topological polar surface area (TPSA) is 51.8 Å². The van der Waals surface area contributed by atoms with Gasteiger partial charge >= 0.3 is 0 Å². The van der Waals surface area contributed by atoms with Crippen molar-refractivity contribution in [3.63, 3.8) is 0 Å². The fourth-order valence-corrected chi connectivity index (χ4v) is 4.00. The Morgan fingerprint density at radius 3 is 2.75 bits per heavy atom. The molecule has 0 N–H and O–H groups in total. The van der Waals surface area contributed by atoms with Crippen molar-refractivity contribution in [3.8, 4) is 11.3 Å². The fourth-order valence-electron chi connectivity index (χ4n) is 4.00. The summed E-state index contributed by atoms with van der Waals surface area (Å²) in [5.41, 5.74) is 3.38. The molecule has 1 fully saturated rings. The first-order valence-corrected chi connectivity index (χ1v) is 10.4. The van der Waals surface area contributed by atoms with E-state index in [9.17, 15) is 0 Å². The standard InChI is InChI=1S/C22H30N6/c1-18(2)28-16-19(14-23-28)15-26-12-7-6-10-21(26)11-13-27-17-22(24-25-27)20-8-4-3-5-9-20/h3-5,8-9,14,16-18,21H,6-7,10-13,15H2,1-2H3. The van der Waals surface area contributed by atoms with Gasteiger partial charge in [0, 0.05) is 42.5 Å². The second-order valence-electron chi connectivity index (χ2n) is 8.06. The molecule has 1 aromatic carbocycles. The van der Waals surface area contributed by atoms with E-state index in [1.54, 1.807) is 0 Å². The maximum absolute atomic E-state index is 4.50. The van der Waals surface area contributed by atoms with Gasteiger partial charge in [-0.15, -0.1) is 5.10 Å². The summed E-state index contributed by atoms with van der Waals surface area (Å²) in [6.45, 7) is 7.41. The van der Waals surface area contributed by atoms with Crippen molar-refractivity contribution in [2.75, 3.05) is 6.54 Å². The third kappa shape index (κ3) is 4.50. The molecule has 148 valence electrons. The molecule has 0 spiro atoms. The highest BCUT2D eigenvalue weighted by Crippen LogP contribution is 2.23. The molecule has 0 saturated carbocycles. The van der Waals surface area contributed by atoms with Crippen LogP contribution in [0, 0.1) is 0 Å². The highest BCUT2D eigenvalue weighted by Gasteiger charge is 2.23.